The van der Waals surface area contributed by atoms with Crippen molar-refractivity contribution in [3.8, 4) is 0 Å². The first-order chi connectivity index (χ1) is 10.1. The molecule has 22 heavy (non-hydrogen) atoms. The van der Waals surface area contributed by atoms with Gasteiger partial charge in [-0.25, -0.2) is 0 Å². The largest absolute Gasteiger partial charge is 0.361 e. The van der Waals surface area contributed by atoms with Crippen LogP contribution in [0, 0.1) is 19.8 Å². The maximum absolute atomic E-state index is 12.6. The van der Waals surface area contributed by atoms with Gasteiger partial charge in [-0.1, -0.05) is 18.0 Å². The quantitative estimate of drug-likeness (QED) is 0.927. The van der Waals surface area contributed by atoms with Crippen molar-refractivity contribution in [2.24, 2.45) is 5.92 Å². The molecule has 1 aromatic heterocycles. The Morgan fingerprint density at radius 1 is 1.36 bits per heavy atom. The summed E-state index contributed by atoms with van der Waals surface area (Å²) in [5, 5.41) is 7.51. The van der Waals surface area contributed by atoms with Crippen molar-refractivity contribution in [3.05, 3.63) is 17.0 Å². The molecule has 6 heteroatoms. The minimum Gasteiger partial charge on any atom is -0.361 e. The Hall–Kier alpha value is -1.07. The molecule has 0 aromatic carbocycles. The molecular weight excluding hydrogens is 302 g/mol. The van der Waals surface area contributed by atoms with Crippen LogP contribution in [0.25, 0.3) is 0 Å². The minimum absolute atomic E-state index is 0. The van der Waals surface area contributed by atoms with E-state index in [1.807, 2.05) is 25.8 Å². The Morgan fingerprint density at radius 3 is 2.73 bits per heavy atom. The molecule has 0 bridgehead atoms. The molecule has 5 nitrogen and oxygen atoms in total. The second-order valence-corrected chi connectivity index (χ2v) is 6.60. The van der Waals surface area contributed by atoms with E-state index in [0.717, 1.165) is 23.4 Å². The number of hydrogen-bond acceptors (Lipinski definition) is 4. The SMILES string of the molecule is Cc1noc(C)c1CN(C)C(=O)C1CC2CCCCC2N1.Cl. The molecule has 1 aromatic rings. The van der Waals surface area contributed by atoms with E-state index in [1.165, 1.54) is 25.7 Å². The van der Waals surface area contributed by atoms with E-state index < -0.39 is 0 Å². The zero-order chi connectivity index (χ0) is 15.0. The Morgan fingerprint density at radius 2 is 2.09 bits per heavy atom. The lowest BCUT2D eigenvalue weighted by atomic mass is 9.85. The Labute approximate surface area is 138 Å². The summed E-state index contributed by atoms with van der Waals surface area (Å²) >= 11 is 0. The molecule has 1 saturated heterocycles. The third-order valence-corrected chi connectivity index (χ3v) is 5.11. The van der Waals surface area contributed by atoms with Gasteiger partial charge in [-0.2, -0.15) is 0 Å². The van der Waals surface area contributed by atoms with Crippen molar-refractivity contribution in [2.45, 2.75) is 64.6 Å². The normalized spacial score (nSPS) is 27.1. The van der Waals surface area contributed by atoms with E-state index in [4.69, 9.17) is 4.52 Å². The van der Waals surface area contributed by atoms with E-state index in [2.05, 4.69) is 10.5 Å². The highest BCUT2D eigenvalue weighted by Crippen LogP contribution is 2.33. The second kappa shape index (κ2) is 7.01. The maximum Gasteiger partial charge on any atom is 0.239 e. The summed E-state index contributed by atoms with van der Waals surface area (Å²) in [6, 6.07) is 0.545. The number of amides is 1. The highest BCUT2D eigenvalue weighted by Gasteiger charge is 2.39. The summed E-state index contributed by atoms with van der Waals surface area (Å²) < 4.78 is 5.17. The summed E-state index contributed by atoms with van der Waals surface area (Å²) in [7, 11) is 1.87. The molecule has 124 valence electrons. The van der Waals surface area contributed by atoms with Crippen LogP contribution in [-0.4, -0.2) is 35.1 Å². The fourth-order valence-corrected chi connectivity index (χ4v) is 3.82. The standard InChI is InChI=1S/C16H25N3O2.ClH/c1-10-13(11(2)21-18-10)9-19(3)16(20)15-8-12-6-4-5-7-14(12)17-15;/h12,14-15,17H,4-9H2,1-3H3;1H. The third kappa shape index (κ3) is 3.30. The Balaban J connectivity index is 0.00000176. The average Bonchev–Trinajstić information content (AvgIpc) is 3.04. The minimum atomic E-state index is -0.0106. The monoisotopic (exact) mass is 327 g/mol. The van der Waals surface area contributed by atoms with Gasteiger partial charge in [-0.05, 0) is 39.0 Å². The predicted molar refractivity (Wildman–Crippen MR) is 87.0 cm³/mol. The first-order valence-corrected chi connectivity index (χ1v) is 7.99. The fourth-order valence-electron chi connectivity index (χ4n) is 3.82. The molecule has 0 spiro atoms. The number of carbonyl (C=O) groups is 1. The molecule has 0 radical (unpaired) electrons. The van der Waals surface area contributed by atoms with Crippen molar-refractivity contribution in [3.63, 3.8) is 0 Å². The maximum atomic E-state index is 12.6. The van der Waals surface area contributed by atoms with Gasteiger partial charge >= 0.3 is 0 Å². The molecule has 1 aliphatic heterocycles. The van der Waals surface area contributed by atoms with Crippen molar-refractivity contribution < 1.29 is 9.32 Å². The van der Waals surface area contributed by atoms with Crippen LogP contribution in [0.5, 0.6) is 0 Å². The van der Waals surface area contributed by atoms with Gasteiger partial charge in [0.25, 0.3) is 0 Å². The first-order valence-electron chi connectivity index (χ1n) is 7.99. The van der Waals surface area contributed by atoms with Gasteiger partial charge in [0.1, 0.15) is 5.76 Å². The van der Waals surface area contributed by atoms with Crippen LogP contribution >= 0.6 is 12.4 Å². The van der Waals surface area contributed by atoms with Crippen molar-refractivity contribution in [1.82, 2.24) is 15.4 Å². The van der Waals surface area contributed by atoms with Crippen molar-refractivity contribution >= 4 is 18.3 Å². The first kappa shape index (κ1) is 17.3. The summed E-state index contributed by atoms with van der Waals surface area (Å²) in [5.41, 5.74) is 1.90. The number of hydrogen-bond donors (Lipinski definition) is 1. The topological polar surface area (TPSA) is 58.4 Å². The lowest BCUT2D eigenvalue weighted by Crippen LogP contribution is -2.43. The van der Waals surface area contributed by atoms with E-state index in [9.17, 15) is 4.79 Å². The van der Waals surface area contributed by atoms with Gasteiger partial charge in [0.2, 0.25) is 5.91 Å². The van der Waals surface area contributed by atoms with E-state index >= 15 is 0 Å². The number of fused-ring (bicyclic) bond motifs is 1. The van der Waals surface area contributed by atoms with Gasteiger partial charge in [0.05, 0.1) is 18.3 Å². The number of aromatic nitrogens is 1. The van der Waals surface area contributed by atoms with Crippen LogP contribution in [0.1, 0.15) is 49.1 Å². The number of aryl methyl sites for hydroxylation is 2. The molecule has 1 aliphatic carbocycles. The van der Waals surface area contributed by atoms with Gasteiger partial charge < -0.3 is 14.7 Å². The summed E-state index contributed by atoms with van der Waals surface area (Å²) in [5.74, 6) is 1.70. The zero-order valence-corrected chi connectivity index (χ0v) is 14.4. The molecular formula is C16H26ClN3O2. The summed E-state index contributed by atoms with van der Waals surface area (Å²) in [6.45, 7) is 4.40. The highest BCUT2D eigenvalue weighted by atomic mass is 35.5. The lowest BCUT2D eigenvalue weighted by Gasteiger charge is -2.24. The number of nitrogens with one attached hydrogen (secondary N) is 1. The number of likely N-dealkylation sites (N-methyl/N-ethyl adjacent to an activating group) is 1. The molecule has 1 amide bonds. The van der Waals surface area contributed by atoms with Crippen molar-refractivity contribution in [2.75, 3.05) is 7.05 Å². The highest BCUT2D eigenvalue weighted by molar-refractivity contribution is 5.85. The molecule has 2 aliphatic rings. The number of nitrogens with zero attached hydrogens (tertiary/aromatic N) is 2. The molecule has 1 N–H and O–H groups in total. The molecule has 2 fully saturated rings. The number of halogens is 1. The average molecular weight is 328 g/mol. The smallest absolute Gasteiger partial charge is 0.239 e. The van der Waals surface area contributed by atoms with Crippen LogP contribution < -0.4 is 5.32 Å². The van der Waals surface area contributed by atoms with E-state index in [0.29, 0.717) is 18.5 Å². The van der Waals surface area contributed by atoms with Crippen LogP contribution in [0.3, 0.4) is 0 Å². The number of rotatable bonds is 3. The summed E-state index contributed by atoms with van der Waals surface area (Å²) in [4.78, 5) is 14.5. The van der Waals surface area contributed by atoms with Crippen LogP contribution in [0.2, 0.25) is 0 Å². The zero-order valence-electron chi connectivity index (χ0n) is 13.6. The molecule has 3 unspecified atom stereocenters. The second-order valence-electron chi connectivity index (χ2n) is 6.60. The van der Waals surface area contributed by atoms with Crippen LogP contribution in [0.15, 0.2) is 4.52 Å². The van der Waals surface area contributed by atoms with E-state index in [-0.39, 0.29) is 24.4 Å². The molecule has 2 heterocycles. The van der Waals surface area contributed by atoms with Crippen LogP contribution in [-0.2, 0) is 11.3 Å². The molecule has 3 atom stereocenters. The molecule has 3 rings (SSSR count). The molecule has 1 saturated carbocycles. The van der Waals surface area contributed by atoms with Gasteiger partial charge in [0.15, 0.2) is 0 Å². The van der Waals surface area contributed by atoms with Crippen molar-refractivity contribution in [1.29, 1.82) is 0 Å². The third-order valence-electron chi connectivity index (χ3n) is 5.11. The van der Waals surface area contributed by atoms with Gasteiger partial charge in [-0.3, -0.25) is 4.79 Å². The van der Waals surface area contributed by atoms with Gasteiger partial charge in [-0.15, -0.1) is 12.4 Å². The predicted octanol–water partition coefficient (Wildman–Crippen LogP) is 2.59. The Bertz CT molecular complexity index is 498. The lowest BCUT2D eigenvalue weighted by molar-refractivity contribution is -0.132. The number of carbonyl (C=O) groups excluding carboxylic acids is 1. The fraction of sp³-hybridized carbons (Fsp3) is 0.750. The van der Waals surface area contributed by atoms with E-state index in [1.54, 1.807) is 0 Å². The Kier molecular flexibility index (Phi) is 5.50. The van der Waals surface area contributed by atoms with Gasteiger partial charge in [0, 0.05) is 18.7 Å². The van der Waals surface area contributed by atoms with Crippen LogP contribution in [0.4, 0.5) is 0 Å². The summed E-state index contributed by atoms with van der Waals surface area (Å²) in [6.07, 6.45) is 6.11.